The molecule has 0 aromatic heterocycles. The highest BCUT2D eigenvalue weighted by Gasteiger charge is 2.22. The van der Waals surface area contributed by atoms with Crippen LogP contribution in [-0.2, 0) is 4.79 Å². The SMILES string of the molecule is CC(C)C[C@H](NC(=O)CN1CCN(c2ccc([N+](=O)[O-])cc2)CC1)c1ccccc1. The van der Waals surface area contributed by atoms with Crippen molar-refractivity contribution in [2.24, 2.45) is 5.92 Å². The summed E-state index contributed by atoms with van der Waals surface area (Å²) in [6.07, 6.45) is 0.906. The van der Waals surface area contributed by atoms with E-state index in [1.54, 1.807) is 12.1 Å². The molecule has 1 aliphatic heterocycles. The zero-order valence-corrected chi connectivity index (χ0v) is 17.7. The molecule has 2 aromatic rings. The van der Waals surface area contributed by atoms with E-state index in [1.165, 1.54) is 12.1 Å². The summed E-state index contributed by atoms with van der Waals surface area (Å²) in [5.74, 6) is 0.536. The smallest absolute Gasteiger partial charge is 0.269 e. The fraction of sp³-hybridized carbons (Fsp3) is 0.435. The van der Waals surface area contributed by atoms with Crippen molar-refractivity contribution in [2.45, 2.75) is 26.3 Å². The van der Waals surface area contributed by atoms with Gasteiger partial charge in [-0.1, -0.05) is 44.2 Å². The average Bonchev–Trinajstić information content (AvgIpc) is 2.74. The van der Waals surface area contributed by atoms with E-state index in [0.29, 0.717) is 12.5 Å². The number of nitrogens with zero attached hydrogens (tertiary/aromatic N) is 3. The molecule has 1 N–H and O–H groups in total. The van der Waals surface area contributed by atoms with E-state index in [0.717, 1.165) is 43.9 Å². The Hall–Kier alpha value is -2.93. The van der Waals surface area contributed by atoms with Crippen molar-refractivity contribution in [1.82, 2.24) is 10.2 Å². The summed E-state index contributed by atoms with van der Waals surface area (Å²) in [6, 6.07) is 16.8. The minimum Gasteiger partial charge on any atom is -0.369 e. The Kier molecular flexibility index (Phi) is 7.41. The van der Waals surface area contributed by atoms with Crippen LogP contribution in [0.2, 0.25) is 0 Å². The highest BCUT2D eigenvalue weighted by atomic mass is 16.6. The van der Waals surface area contributed by atoms with Gasteiger partial charge in [0.25, 0.3) is 5.69 Å². The van der Waals surface area contributed by atoms with E-state index < -0.39 is 0 Å². The highest BCUT2D eigenvalue weighted by Crippen LogP contribution is 2.22. The molecule has 0 unspecified atom stereocenters. The van der Waals surface area contributed by atoms with E-state index >= 15 is 0 Å². The molecule has 0 aliphatic carbocycles. The van der Waals surface area contributed by atoms with Crippen LogP contribution in [0.4, 0.5) is 11.4 Å². The molecule has 0 radical (unpaired) electrons. The number of hydrogen-bond acceptors (Lipinski definition) is 5. The van der Waals surface area contributed by atoms with Gasteiger partial charge in [-0.15, -0.1) is 0 Å². The topological polar surface area (TPSA) is 78.7 Å². The normalized spacial score (nSPS) is 15.8. The van der Waals surface area contributed by atoms with Gasteiger partial charge in [0.1, 0.15) is 0 Å². The Labute approximate surface area is 177 Å². The average molecular weight is 411 g/mol. The highest BCUT2D eigenvalue weighted by molar-refractivity contribution is 5.78. The van der Waals surface area contributed by atoms with Crippen molar-refractivity contribution < 1.29 is 9.72 Å². The fourth-order valence-corrected chi connectivity index (χ4v) is 3.83. The van der Waals surface area contributed by atoms with Gasteiger partial charge in [-0.2, -0.15) is 0 Å². The number of nitro benzene ring substituents is 1. The fourth-order valence-electron chi connectivity index (χ4n) is 3.83. The lowest BCUT2D eigenvalue weighted by molar-refractivity contribution is -0.384. The van der Waals surface area contributed by atoms with Crippen LogP contribution in [0, 0.1) is 16.0 Å². The third kappa shape index (κ3) is 6.03. The van der Waals surface area contributed by atoms with Crippen LogP contribution < -0.4 is 10.2 Å². The lowest BCUT2D eigenvalue weighted by Crippen LogP contribution is -2.49. The van der Waals surface area contributed by atoms with Gasteiger partial charge in [-0.25, -0.2) is 0 Å². The molecule has 2 aromatic carbocycles. The molecule has 7 nitrogen and oxygen atoms in total. The lowest BCUT2D eigenvalue weighted by atomic mass is 9.97. The van der Waals surface area contributed by atoms with Gasteiger partial charge in [-0.05, 0) is 30.0 Å². The molecule has 3 rings (SSSR count). The molecule has 30 heavy (non-hydrogen) atoms. The second kappa shape index (κ2) is 10.2. The Morgan fingerprint density at radius 3 is 2.23 bits per heavy atom. The summed E-state index contributed by atoms with van der Waals surface area (Å²) in [4.78, 5) is 27.5. The monoisotopic (exact) mass is 410 g/mol. The molecule has 0 bridgehead atoms. The van der Waals surface area contributed by atoms with Crippen molar-refractivity contribution in [3.63, 3.8) is 0 Å². The Morgan fingerprint density at radius 1 is 1.03 bits per heavy atom. The molecule has 1 heterocycles. The van der Waals surface area contributed by atoms with Crippen LogP contribution in [0.15, 0.2) is 54.6 Å². The number of hydrogen-bond donors (Lipinski definition) is 1. The minimum atomic E-state index is -0.387. The van der Waals surface area contributed by atoms with E-state index in [9.17, 15) is 14.9 Å². The predicted molar refractivity (Wildman–Crippen MR) is 119 cm³/mol. The molecule has 1 aliphatic rings. The lowest BCUT2D eigenvalue weighted by Gasteiger charge is -2.36. The van der Waals surface area contributed by atoms with Crippen LogP contribution >= 0.6 is 0 Å². The summed E-state index contributed by atoms with van der Waals surface area (Å²) in [5.41, 5.74) is 2.22. The maximum absolute atomic E-state index is 12.7. The predicted octanol–water partition coefficient (Wildman–Crippen LogP) is 3.62. The van der Waals surface area contributed by atoms with Crippen molar-refractivity contribution in [3.05, 3.63) is 70.3 Å². The second-order valence-corrected chi connectivity index (χ2v) is 8.20. The van der Waals surface area contributed by atoms with E-state index in [4.69, 9.17) is 0 Å². The molecule has 1 saturated heterocycles. The van der Waals surface area contributed by atoms with Crippen LogP contribution in [0.3, 0.4) is 0 Å². The first-order valence-corrected chi connectivity index (χ1v) is 10.5. The maximum atomic E-state index is 12.7. The van der Waals surface area contributed by atoms with Gasteiger partial charge < -0.3 is 10.2 Å². The first kappa shape index (κ1) is 21.8. The molecule has 0 saturated carbocycles. The molecule has 0 spiro atoms. The summed E-state index contributed by atoms with van der Waals surface area (Å²) in [6.45, 7) is 7.86. The van der Waals surface area contributed by atoms with Gasteiger partial charge in [0, 0.05) is 44.0 Å². The number of anilines is 1. The van der Waals surface area contributed by atoms with E-state index in [-0.39, 0.29) is 22.6 Å². The number of rotatable bonds is 8. The number of carbonyl (C=O) groups is 1. The Balaban J connectivity index is 1.51. The summed E-state index contributed by atoms with van der Waals surface area (Å²) >= 11 is 0. The van der Waals surface area contributed by atoms with E-state index in [1.807, 2.05) is 18.2 Å². The van der Waals surface area contributed by atoms with Gasteiger partial charge in [0.05, 0.1) is 17.5 Å². The number of nitro groups is 1. The zero-order chi connectivity index (χ0) is 21.5. The third-order valence-electron chi connectivity index (χ3n) is 5.41. The summed E-state index contributed by atoms with van der Waals surface area (Å²) in [5, 5.41) is 14.0. The van der Waals surface area contributed by atoms with Gasteiger partial charge in [-0.3, -0.25) is 19.8 Å². The molecular formula is C23H30N4O3. The Morgan fingerprint density at radius 2 is 1.67 bits per heavy atom. The van der Waals surface area contributed by atoms with Crippen molar-refractivity contribution in [3.8, 4) is 0 Å². The molecule has 1 fully saturated rings. The minimum absolute atomic E-state index is 0.0279. The van der Waals surface area contributed by atoms with Crippen molar-refractivity contribution >= 4 is 17.3 Å². The van der Waals surface area contributed by atoms with Crippen LogP contribution in [0.5, 0.6) is 0 Å². The van der Waals surface area contributed by atoms with Crippen molar-refractivity contribution in [1.29, 1.82) is 0 Å². The number of benzene rings is 2. The number of carbonyl (C=O) groups excluding carboxylic acids is 1. The first-order chi connectivity index (χ1) is 14.4. The van der Waals surface area contributed by atoms with Crippen LogP contribution in [-0.4, -0.2) is 48.5 Å². The van der Waals surface area contributed by atoms with Gasteiger partial charge in [0.2, 0.25) is 5.91 Å². The second-order valence-electron chi connectivity index (χ2n) is 8.20. The zero-order valence-electron chi connectivity index (χ0n) is 17.7. The maximum Gasteiger partial charge on any atom is 0.269 e. The number of nitrogens with one attached hydrogen (secondary N) is 1. The van der Waals surface area contributed by atoms with Crippen LogP contribution in [0.1, 0.15) is 31.9 Å². The number of non-ortho nitro benzene ring substituents is 1. The number of piperazine rings is 1. The Bertz CT molecular complexity index is 831. The first-order valence-electron chi connectivity index (χ1n) is 10.5. The molecule has 1 atom stereocenters. The van der Waals surface area contributed by atoms with Gasteiger partial charge >= 0.3 is 0 Å². The molecule has 7 heteroatoms. The molecular weight excluding hydrogens is 380 g/mol. The van der Waals surface area contributed by atoms with Crippen LogP contribution in [0.25, 0.3) is 0 Å². The summed E-state index contributed by atoms with van der Waals surface area (Å²) in [7, 11) is 0. The van der Waals surface area contributed by atoms with Gasteiger partial charge in [0.15, 0.2) is 0 Å². The van der Waals surface area contributed by atoms with Crippen molar-refractivity contribution in [2.75, 3.05) is 37.6 Å². The quantitative estimate of drug-likeness (QED) is 0.531. The largest absolute Gasteiger partial charge is 0.369 e. The molecule has 160 valence electrons. The summed E-state index contributed by atoms with van der Waals surface area (Å²) < 4.78 is 0. The third-order valence-corrected chi connectivity index (χ3v) is 5.41. The number of amides is 1. The standard InChI is InChI=1S/C23H30N4O3/c1-18(2)16-22(19-6-4-3-5-7-19)24-23(28)17-25-12-14-26(15-13-25)20-8-10-21(11-9-20)27(29)30/h3-11,18,22H,12-17H2,1-2H3,(H,24,28)/t22-/m0/s1. The molecule has 1 amide bonds. The van der Waals surface area contributed by atoms with E-state index in [2.05, 4.69) is 41.1 Å².